The molecule has 2 unspecified atom stereocenters. The van der Waals surface area contributed by atoms with Gasteiger partial charge in [0.15, 0.2) is 0 Å². The zero-order valence-corrected chi connectivity index (χ0v) is 11.8. The lowest BCUT2D eigenvalue weighted by atomic mass is 9.81. The maximum absolute atomic E-state index is 6.22. The van der Waals surface area contributed by atoms with Gasteiger partial charge < -0.3 is 5.73 Å². The van der Waals surface area contributed by atoms with Crippen molar-refractivity contribution in [2.24, 2.45) is 11.1 Å². The highest BCUT2D eigenvalue weighted by atomic mass is 15.2. The van der Waals surface area contributed by atoms with Gasteiger partial charge in [-0.1, -0.05) is 34.1 Å². The number of nitrogens with two attached hydrogens (primary N) is 1. The van der Waals surface area contributed by atoms with Gasteiger partial charge in [0.1, 0.15) is 0 Å². The van der Waals surface area contributed by atoms with E-state index in [1.54, 1.807) is 0 Å². The molecule has 0 aromatic rings. The smallest absolute Gasteiger partial charge is 0.0295 e. The highest BCUT2D eigenvalue weighted by Gasteiger charge is 2.40. The normalized spacial score (nSPS) is 21.2. The van der Waals surface area contributed by atoms with Gasteiger partial charge in [-0.3, -0.25) is 4.90 Å². The Bertz CT molecular complexity index is 201. The van der Waals surface area contributed by atoms with Crippen LogP contribution in [-0.2, 0) is 0 Å². The Morgan fingerprint density at radius 1 is 1.31 bits per heavy atom. The van der Waals surface area contributed by atoms with Crippen molar-refractivity contribution in [2.75, 3.05) is 6.54 Å². The van der Waals surface area contributed by atoms with E-state index in [9.17, 15) is 0 Å². The van der Waals surface area contributed by atoms with Crippen molar-refractivity contribution < 1.29 is 0 Å². The summed E-state index contributed by atoms with van der Waals surface area (Å²) in [5.41, 5.74) is 6.50. The molecule has 0 bridgehead atoms. The lowest BCUT2D eigenvalue weighted by molar-refractivity contribution is 0.0731. The van der Waals surface area contributed by atoms with Crippen molar-refractivity contribution >= 4 is 0 Å². The summed E-state index contributed by atoms with van der Waals surface area (Å²) in [7, 11) is 0. The Morgan fingerprint density at radius 2 is 1.88 bits per heavy atom. The first-order valence-corrected chi connectivity index (χ1v) is 6.89. The quantitative estimate of drug-likeness (QED) is 0.754. The lowest BCUT2D eigenvalue weighted by Gasteiger charge is -2.43. The SMILES string of the molecule is CCCCN(C1CC1)C(C(C)N)C(C)(C)C. The van der Waals surface area contributed by atoms with Crippen molar-refractivity contribution in [3.8, 4) is 0 Å². The van der Waals surface area contributed by atoms with Gasteiger partial charge in [0.25, 0.3) is 0 Å². The number of unbranched alkanes of at least 4 members (excludes halogenated alkanes) is 1. The zero-order valence-electron chi connectivity index (χ0n) is 11.8. The van der Waals surface area contributed by atoms with Gasteiger partial charge in [-0.2, -0.15) is 0 Å². The molecule has 1 fully saturated rings. The Hall–Kier alpha value is -0.0800. The second-order valence-electron chi connectivity index (χ2n) is 6.49. The van der Waals surface area contributed by atoms with E-state index in [2.05, 4.69) is 39.5 Å². The second kappa shape index (κ2) is 5.50. The van der Waals surface area contributed by atoms with E-state index in [-0.39, 0.29) is 11.5 Å². The fourth-order valence-electron chi connectivity index (χ4n) is 2.88. The van der Waals surface area contributed by atoms with Gasteiger partial charge in [-0.25, -0.2) is 0 Å². The van der Waals surface area contributed by atoms with Crippen molar-refractivity contribution in [2.45, 2.75) is 78.4 Å². The van der Waals surface area contributed by atoms with Gasteiger partial charge in [-0.15, -0.1) is 0 Å². The van der Waals surface area contributed by atoms with Crippen LogP contribution in [0.4, 0.5) is 0 Å². The van der Waals surface area contributed by atoms with E-state index in [0.29, 0.717) is 6.04 Å². The molecule has 0 heterocycles. The molecule has 0 aromatic carbocycles. The average Bonchev–Trinajstić information content (AvgIpc) is 2.91. The van der Waals surface area contributed by atoms with Crippen LogP contribution in [0.25, 0.3) is 0 Å². The largest absolute Gasteiger partial charge is 0.327 e. The van der Waals surface area contributed by atoms with Gasteiger partial charge in [0.05, 0.1) is 0 Å². The summed E-state index contributed by atoms with van der Waals surface area (Å²) in [5.74, 6) is 0. The van der Waals surface area contributed by atoms with E-state index in [1.807, 2.05) is 0 Å². The highest BCUT2D eigenvalue weighted by molar-refractivity contribution is 4.96. The molecule has 1 saturated carbocycles. The minimum absolute atomic E-state index is 0.262. The molecule has 1 aliphatic carbocycles. The van der Waals surface area contributed by atoms with Crippen molar-refractivity contribution in [3.05, 3.63) is 0 Å². The lowest BCUT2D eigenvalue weighted by Crippen LogP contribution is -2.54. The summed E-state index contributed by atoms with van der Waals surface area (Å²) in [6.07, 6.45) is 5.33. The Kier molecular flexibility index (Phi) is 4.81. The molecule has 0 aromatic heterocycles. The standard InChI is InChI=1S/C14H30N2/c1-6-7-10-16(12-8-9-12)13(11(2)15)14(3,4)5/h11-13H,6-10,15H2,1-5H3. The number of hydrogen-bond donors (Lipinski definition) is 1. The number of hydrogen-bond acceptors (Lipinski definition) is 2. The van der Waals surface area contributed by atoms with E-state index in [0.717, 1.165) is 6.04 Å². The van der Waals surface area contributed by atoms with Gasteiger partial charge >= 0.3 is 0 Å². The molecule has 1 rings (SSSR count). The van der Waals surface area contributed by atoms with Crippen LogP contribution in [-0.4, -0.2) is 29.6 Å². The first-order valence-electron chi connectivity index (χ1n) is 6.89. The van der Waals surface area contributed by atoms with Gasteiger partial charge in [0, 0.05) is 18.1 Å². The second-order valence-corrected chi connectivity index (χ2v) is 6.49. The molecule has 0 saturated heterocycles. The minimum Gasteiger partial charge on any atom is -0.327 e. The molecule has 2 N–H and O–H groups in total. The average molecular weight is 226 g/mol. The third kappa shape index (κ3) is 3.74. The fraction of sp³-hybridized carbons (Fsp3) is 1.00. The van der Waals surface area contributed by atoms with Crippen molar-refractivity contribution in [1.82, 2.24) is 4.90 Å². The molecule has 96 valence electrons. The molecule has 2 nitrogen and oxygen atoms in total. The first-order chi connectivity index (χ1) is 7.38. The van der Waals surface area contributed by atoms with Crippen LogP contribution in [0.15, 0.2) is 0 Å². The fourth-order valence-corrected chi connectivity index (χ4v) is 2.88. The predicted molar refractivity (Wildman–Crippen MR) is 71.5 cm³/mol. The van der Waals surface area contributed by atoms with Crippen LogP contribution < -0.4 is 5.73 Å². The topological polar surface area (TPSA) is 29.3 Å². The first kappa shape index (κ1) is 14.0. The van der Waals surface area contributed by atoms with Gasteiger partial charge in [-0.05, 0) is 38.1 Å². The maximum atomic E-state index is 6.22. The minimum atomic E-state index is 0.262. The summed E-state index contributed by atoms with van der Waals surface area (Å²) >= 11 is 0. The Labute approximate surface area is 102 Å². The summed E-state index contributed by atoms with van der Waals surface area (Å²) in [5, 5.41) is 0. The molecule has 2 heteroatoms. The molecule has 0 spiro atoms. The van der Waals surface area contributed by atoms with Crippen molar-refractivity contribution in [3.63, 3.8) is 0 Å². The molecular weight excluding hydrogens is 196 g/mol. The van der Waals surface area contributed by atoms with Crippen LogP contribution in [0.5, 0.6) is 0 Å². The molecule has 2 atom stereocenters. The molecule has 1 aliphatic rings. The van der Waals surface area contributed by atoms with E-state index < -0.39 is 0 Å². The predicted octanol–water partition coefficient (Wildman–Crippen LogP) is 3.01. The summed E-state index contributed by atoms with van der Waals surface area (Å²) < 4.78 is 0. The zero-order chi connectivity index (χ0) is 12.3. The van der Waals surface area contributed by atoms with Gasteiger partial charge in [0.2, 0.25) is 0 Å². The molecule has 0 radical (unpaired) electrons. The van der Waals surface area contributed by atoms with Crippen LogP contribution in [0.1, 0.15) is 60.3 Å². The van der Waals surface area contributed by atoms with E-state index >= 15 is 0 Å². The monoisotopic (exact) mass is 226 g/mol. The van der Waals surface area contributed by atoms with E-state index in [1.165, 1.54) is 32.2 Å². The molecule has 16 heavy (non-hydrogen) atoms. The third-order valence-electron chi connectivity index (χ3n) is 3.53. The maximum Gasteiger partial charge on any atom is 0.0295 e. The number of rotatable bonds is 6. The van der Waals surface area contributed by atoms with Crippen LogP contribution in [0.3, 0.4) is 0 Å². The van der Waals surface area contributed by atoms with Crippen molar-refractivity contribution in [1.29, 1.82) is 0 Å². The molecule has 0 aliphatic heterocycles. The van der Waals surface area contributed by atoms with E-state index in [4.69, 9.17) is 5.73 Å². The van der Waals surface area contributed by atoms with Crippen LogP contribution in [0, 0.1) is 5.41 Å². The Balaban J connectivity index is 2.71. The third-order valence-corrected chi connectivity index (χ3v) is 3.53. The number of nitrogens with zero attached hydrogens (tertiary/aromatic N) is 1. The highest BCUT2D eigenvalue weighted by Crippen LogP contribution is 2.35. The summed E-state index contributed by atoms with van der Waals surface area (Å²) in [4.78, 5) is 2.69. The molecule has 0 amide bonds. The summed E-state index contributed by atoms with van der Waals surface area (Å²) in [6.45, 7) is 12.6. The van der Waals surface area contributed by atoms with Crippen LogP contribution >= 0.6 is 0 Å². The van der Waals surface area contributed by atoms with Crippen LogP contribution in [0.2, 0.25) is 0 Å². The molecular formula is C14H30N2. The summed E-state index contributed by atoms with van der Waals surface area (Å²) in [6, 6.07) is 1.60. The Morgan fingerprint density at radius 3 is 2.19 bits per heavy atom.